The van der Waals surface area contributed by atoms with Crippen molar-refractivity contribution in [2.75, 3.05) is 13.2 Å². The summed E-state index contributed by atoms with van der Waals surface area (Å²) in [5.74, 6) is 0. The van der Waals surface area contributed by atoms with E-state index in [9.17, 15) is 0 Å². The Hall–Kier alpha value is 0.0969. The van der Waals surface area contributed by atoms with E-state index in [1.807, 2.05) is 20.8 Å². The average molecular weight is 176 g/mol. The Balaban J connectivity index is 3.66. The van der Waals surface area contributed by atoms with Gasteiger partial charge in [0, 0.05) is 18.9 Å². The van der Waals surface area contributed by atoms with E-state index in [2.05, 4.69) is 0 Å². The van der Waals surface area contributed by atoms with Crippen LogP contribution in [0.4, 0.5) is 0 Å². The lowest BCUT2D eigenvalue weighted by atomic mass is 10.5. The first kappa shape index (κ1) is 11.1. The lowest BCUT2D eigenvalue weighted by molar-refractivity contribution is 0.204. The van der Waals surface area contributed by atoms with Crippen LogP contribution in [-0.4, -0.2) is 28.2 Å². The van der Waals surface area contributed by atoms with Crippen molar-refractivity contribution in [2.45, 2.75) is 32.9 Å². The van der Waals surface area contributed by atoms with Gasteiger partial charge < -0.3 is 14.6 Å². The molecule has 0 fully saturated rings. The highest BCUT2D eigenvalue weighted by molar-refractivity contribution is 6.46. The molecule has 1 atom stereocenters. The summed E-state index contributed by atoms with van der Waals surface area (Å²) in [4.78, 5) is 0. The molecule has 0 bridgehead atoms. The molecule has 0 spiro atoms. The summed E-state index contributed by atoms with van der Waals surface area (Å²) < 4.78 is 10.8. The second-order valence-corrected chi connectivity index (χ2v) is 4.16. The van der Waals surface area contributed by atoms with Crippen molar-refractivity contribution in [2.24, 2.45) is 5.73 Å². The number of rotatable bonds is 6. The fourth-order valence-corrected chi connectivity index (χ4v) is 2.12. The second-order valence-electron chi connectivity index (χ2n) is 2.20. The summed E-state index contributed by atoms with van der Waals surface area (Å²) in [5, 5.41) is 0. The minimum atomic E-state index is -1.20. The Morgan fingerprint density at radius 1 is 1.18 bits per heavy atom. The third kappa shape index (κ3) is 4.52. The molecule has 1 radical (unpaired) electrons. The van der Waals surface area contributed by atoms with E-state index in [4.69, 9.17) is 14.6 Å². The summed E-state index contributed by atoms with van der Waals surface area (Å²) in [6, 6.07) is 0. The van der Waals surface area contributed by atoms with Gasteiger partial charge in [-0.1, -0.05) is 6.92 Å². The van der Waals surface area contributed by atoms with Gasteiger partial charge in [0.2, 0.25) is 0 Å². The third-order valence-corrected chi connectivity index (χ3v) is 3.48. The summed E-state index contributed by atoms with van der Waals surface area (Å²) in [5.41, 5.74) is 5.88. The highest BCUT2D eigenvalue weighted by Gasteiger charge is 2.22. The fraction of sp³-hybridized carbons (Fsp3) is 1.00. The van der Waals surface area contributed by atoms with Gasteiger partial charge in [-0.25, -0.2) is 0 Å². The van der Waals surface area contributed by atoms with Crippen molar-refractivity contribution in [3.63, 3.8) is 0 Å². The van der Waals surface area contributed by atoms with Gasteiger partial charge in [0.05, 0.1) is 0 Å². The Morgan fingerprint density at radius 2 is 1.64 bits per heavy atom. The molecule has 4 heteroatoms. The molecule has 11 heavy (non-hydrogen) atoms. The zero-order valence-electron chi connectivity index (χ0n) is 7.59. The normalized spacial score (nSPS) is 13.9. The molecule has 0 aliphatic rings. The van der Waals surface area contributed by atoms with Crippen LogP contribution in [0.2, 0.25) is 0 Å². The molecule has 0 rings (SSSR count). The molecule has 0 aromatic carbocycles. The molecule has 0 aromatic heterocycles. The first-order valence-corrected chi connectivity index (χ1v) is 5.53. The lowest BCUT2D eigenvalue weighted by Crippen LogP contribution is -2.43. The van der Waals surface area contributed by atoms with Crippen molar-refractivity contribution in [1.82, 2.24) is 0 Å². The van der Waals surface area contributed by atoms with Gasteiger partial charge in [-0.3, -0.25) is 0 Å². The second kappa shape index (κ2) is 6.79. The van der Waals surface area contributed by atoms with Gasteiger partial charge in [0.1, 0.15) is 0 Å². The van der Waals surface area contributed by atoms with Crippen molar-refractivity contribution in [3.8, 4) is 0 Å². The number of hydrogen-bond donors (Lipinski definition) is 1. The van der Waals surface area contributed by atoms with E-state index in [0.29, 0.717) is 13.2 Å². The Bertz CT molecular complexity index is 86.5. The first-order valence-electron chi connectivity index (χ1n) is 4.14. The average Bonchev–Trinajstić information content (AvgIpc) is 2.03. The van der Waals surface area contributed by atoms with Gasteiger partial charge in [0.15, 0.2) is 0 Å². The van der Waals surface area contributed by atoms with Crippen LogP contribution < -0.4 is 5.73 Å². The molecule has 2 N–H and O–H groups in total. The summed E-state index contributed by atoms with van der Waals surface area (Å²) in [6.45, 7) is 7.37. The van der Waals surface area contributed by atoms with Crippen LogP contribution in [0.1, 0.15) is 27.2 Å². The molecule has 0 amide bonds. The van der Waals surface area contributed by atoms with Crippen LogP contribution in [0.5, 0.6) is 0 Å². The van der Waals surface area contributed by atoms with E-state index in [1.54, 1.807) is 0 Å². The van der Waals surface area contributed by atoms with Crippen LogP contribution in [0.3, 0.4) is 0 Å². The quantitative estimate of drug-likeness (QED) is 0.610. The van der Waals surface area contributed by atoms with Crippen LogP contribution in [0.25, 0.3) is 0 Å². The zero-order valence-corrected chi connectivity index (χ0v) is 8.59. The van der Waals surface area contributed by atoms with Crippen LogP contribution in [0.15, 0.2) is 0 Å². The highest BCUT2D eigenvalue weighted by atomic mass is 28.3. The van der Waals surface area contributed by atoms with Gasteiger partial charge in [-0.15, -0.1) is 0 Å². The molecule has 0 heterocycles. The van der Waals surface area contributed by atoms with Gasteiger partial charge in [-0.05, 0) is 20.3 Å². The molecule has 3 nitrogen and oxygen atoms in total. The van der Waals surface area contributed by atoms with E-state index >= 15 is 0 Å². The van der Waals surface area contributed by atoms with Gasteiger partial charge >= 0.3 is 9.28 Å². The molecule has 0 aliphatic carbocycles. The molecule has 0 saturated carbocycles. The molecule has 1 unspecified atom stereocenters. The van der Waals surface area contributed by atoms with Crippen LogP contribution in [-0.2, 0) is 8.85 Å². The van der Waals surface area contributed by atoms with Crippen molar-refractivity contribution in [1.29, 1.82) is 0 Å². The van der Waals surface area contributed by atoms with E-state index < -0.39 is 9.28 Å². The fourth-order valence-electron chi connectivity index (χ4n) is 0.707. The summed E-state index contributed by atoms with van der Waals surface area (Å²) >= 11 is 0. The molecule has 0 saturated heterocycles. The predicted octanol–water partition coefficient (Wildman–Crippen LogP) is 0.824. The minimum Gasteiger partial charge on any atom is -0.393 e. The molecule has 0 aliphatic heterocycles. The van der Waals surface area contributed by atoms with Crippen LogP contribution in [0, 0.1) is 0 Å². The van der Waals surface area contributed by atoms with Crippen LogP contribution >= 0.6 is 0 Å². The van der Waals surface area contributed by atoms with Crippen molar-refractivity contribution in [3.05, 3.63) is 0 Å². The maximum absolute atomic E-state index is 5.78. The molecule has 67 valence electrons. The van der Waals surface area contributed by atoms with Gasteiger partial charge in [-0.2, -0.15) is 0 Å². The van der Waals surface area contributed by atoms with Crippen molar-refractivity contribution >= 4 is 9.28 Å². The number of hydrogen-bond acceptors (Lipinski definition) is 3. The first-order chi connectivity index (χ1) is 5.26. The predicted molar refractivity (Wildman–Crippen MR) is 47.3 cm³/mol. The largest absolute Gasteiger partial charge is 0.403 e. The summed E-state index contributed by atoms with van der Waals surface area (Å²) in [6.07, 6.45) is 0.925. The Labute approximate surface area is 70.7 Å². The van der Waals surface area contributed by atoms with E-state index in [0.717, 1.165) is 6.42 Å². The SMILES string of the molecule is CCO[Si](OCC)C(N)CC. The third-order valence-electron chi connectivity index (χ3n) is 1.32. The minimum absolute atomic E-state index is 0.0971. The molecular weight excluding hydrogens is 158 g/mol. The van der Waals surface area contributed by atoms with Crippen molar-refractivity contribution < 1.29 is 8.85 Å². The monoisotopic (exact) mass is 176 g/mol. The van der Waals surface area contributed by atoms with E-state index in [1.165, 1.54) is 0 Å². The van der Waals surface area contributed by atoms with Gasteiger partial charge in [0.25, 0.3) is 0 Å². The Morgan fingerprint density at radius 3 is 1.91 bits per heavy atom. The summed E-state index contributed by atoms with van der Waals surface area (Å²) in [7, 11) is -1.20. The lowest BCUT2D eigenvalue weighted by Gasteiger charge is -2.17. The molecule has 0 aromatic rings. The number of nitrogens with two attached hydrogens (primary N) is 1. The topological polar surface area (TPSA) is 44.5 Å². The molecular formula is C7H18NO2Si. The maximum Gasteiger partial charge on any atom is 0.403 e. The standard InChI is InChI=1S/C7H18NO2Si/c1-4-7(8)11(9-5-2)10-6-3/h7H,4-6,8H2,1-3H3. The Kier molecular flexibility index (Phi) is 6.85. The highest BCUT2D eigenvalue weighted by Crippen LogP contribution is 1.98. The maximum atomic E-state index is 5.78. The van der Waals surface area contributed by atoms with E-state index in [-0.39, 0.29) is 5.67 Å². The zero-order chi connectivity index (χ0) is 8.69. The smallest absolute Gasteiger partial charge is 0.393 e.